The van der Waals surface area contributed by atoms with Crippen LogP contribution < -0.4 is 10.1 Å². The normalized spacial score (nSPS) is 13.0. The molecule has 0 aliphatic rings. The molecule has 7 heteroatoms. The average molecular weight is 331 g/mol. The SMILES string of the molecule is CC[C@@](C)(NC(=O)c1ccn(-c2ccc(OC)cc2)n1)C(=O)OC. The molecule has 0 unspecified atom stereocenters. The van der Waals surface area contributed by atoms with Gasteiger partial charge in [-0.05, 0) is 43.7 Å². The first-order chi connectivity index (χ1) is 11.4. The highest BCUT2D eigenvalue weighted by Gasteiger charge is 2.34. The van der Waals surface area contributed by atoms with Crippen LogP contribution in [-0.2, 0) is 9.53 Å². The molecule has 7 nitrogen and oxygen atoms in total. The molecule has 0 aliphatic heterocycles. The summed E-state index contributed by atoms with van der Waals surface area (Å²) in [7, 11) is 2.89. The van der Waals surface area contributed by atoms with E-state index in [1.807, 2.05) is 24.3 Å². The highest BCUT2D eigenvalue weighted by Crippen LogP contribution is 2.16. The molecule has 128 valence electrons. The first-order valence-electron chi connectivity index (χ1n) is 7.54. The molecule has 2 rings (SSSR count). The van der Waals surface area contributed by atoms with Gasteiger partial charge in [-0.2, -0.15) is 5.10 Å². The molecule has 0 fully saturated rings. The van der Waals surface area contributed by atoms with Crippen molar-refractivity contribution in [3.63, 3.8) is 0 Å². The van der Waals surface area contributed by atoms with E-state index >= 15 is 0 Å². The number of aromatic nitrogens is 2. The third-order valence-electron chi connectivity index (χ3n) is 3.89. The molecular formula is C17H21N3O4. The Morgan fingerprint density at radius 3 is 2.42 bits per heavy atom. The molecular weight excluding hydrogens is 310 g/mol. The molecule has 0 saturated carbocycles. The van der Waals surface area contributed by atoms with Crippen LogP contribution in [0.2, 0.25) is 0 Å². The van der Waals surface area contributed by atoms with Crippen LogP contribution in [0.25, 0.3) is 5.69 Å². The maximum Gasteiger partial charge on any atom is 0.331 e. The smallest absolute Gasteiger partial charge is 0.331 e. The van der Waals surface area contributed by atoms with Crippen molar-refractivity contribution < 1.29 is 19.1 Å². The number of methoxy groups -OCH3 is 2. The van der Waals surface area contributed by atoms with Crippen LogP contribution in [0, 0.1) is 0 Å². The van der Waals surface area contributed by atoms with Crippen LogP contribution in [0.3, 0.4) is 0 Å². The van der Waals surface area contributed by atoms with Gasteiger partial charge in [-0.15, -0.1) is 0 Å². The standard InChI is InChI=1S/C17H21N3O4/c1-5-17(2,16(22)24-4)18-15(21)14-10-11-20(19-14)12-6-8-13(23-3)9-7-12/h6-11H,5H2,1-4H3,(H,18,21)/t17-/m1/s1. The van der Waals surface area contributed by atoms with Crippen LogP contribution in [0.4, 0.5) is 0 Å². The Hall–Kier alpha value is -2.83. The summed E-state index contributed by atoms with van der Waals surface area (Å²) in [6.07, 6.45) is 2.09. The second-order valence-corrected chi connectivity index (χ2v) is 5.47. The van der Waals surface area contributed by atoms with Gasteiger partial charge in [0.25, 0.3) is 5.91 Å². The number of carbonyl (C=O) groups is 2. The van der Waals surface area contributed by atoms with Crippen molar-refractivity contribution in [1.29, 1.82) is 0 Å². The van der Waals surface area contributed by atoms with E-state index in [0.29, 0.717) is 6.42 Å². The van der Waals surface area contributed by atoms with Gasteiger partial charge in [-0.3, -0.25) is 4.79 Å². The number of nitrogens with one attached hydrogen (secondary N) is 1. The first kappa shape index (κ1) is 17.5. The second kappa shape index (κ2) is 7.16. The lowest BCUT2D eigenvalue weighted by molar-refractivity contribution is -0.147. The summed E-state index contributed by atoms with van der Waals surface area (Å²) in [6, 6.07) is 8.87. The first-order valence-corrected chi connectivity index (χ1v) is 7.54. The lowest BCUT2D eigenvalue weighted by Gasteiger charge is -2.25. The van der Waals surface area contributed by atoms with Crippen LogP contribution in [0.15, 0.2) is 36.5 Å². The van der Waals surface area contributed by atoms with E-state index in [4.69, 9.17) is 9.47 Å². The van der Waals surface area contributed by atoms with Crippen molar-refractivity contribution in [3.8, 4) is 11.4 Å². The minimum atomic E-state index is -1.09. The Kier molecular flexibility index (Phi) is 5.23. The topological polar surface area (TPSA) is 82.5 Å². The van der Waals surface area contributed by atoms with Crippen molar-refractivity contribution in [1.82, 2.24) is 15.1 Å². The number of hydrogen-bond acceptors (Lipinski definition) is 5. The minimum absolute atomic E-state index is 0.217. The fourth-order valence-electron chi connectivity index (χ4n) is 2.15. The number of hydrogen-bond donors (Lipinski definition) is 1. The number of esters is 1. The van der Waals surface area contributed by atoms with Crippen molar-refractivity contribution >= 4 is 11.9 Å². The van der Waals surface area contributed by atoms with Crippen molar-refractivity contribution in [2.75, 3.05) is 14.2 Å². The Labute approximate surface area is 140 Å². The van der Waals surface area contributed by atoms with Gasteiger partial charge in [0.2, 0.25) is 0 Å². The van der Waals surface area contributed by atoms with E-state index < -0.39 is 17.4 Å². The van der Waals surface area contributed by atoms with Gasteiger partial charge >= 0.3 is 5.97 Å². The van der Waals surface area contributed by atoms with Crippen molar-refractivity contribution in [2.45, 2.75) is 25.8 Å². The summed E-state index contributed by atoms with van der Waals surface area (Å²) >= 11 is 0. The van der Waals surface area contributed by atoms with Gasteiger partial charge in [0, 0.05) is 6.20 Å². The number of carbonyl (C=O) groups excluding carboxylic acids is 2. The van der Waals surface area contributed by atoms with E-state index in [9.17, 15) is 9.59 Å². The van der Waals surface area contributed by atoms with E-state index in [0.717, 1.165) is 11.4 Å². The van der Waals surface area contributed by atoms with E-state index in [2.05, 4.69) is 10.4 Å². The molecule has 0 radical (unpaired) electrons. The number of amides is 1. The molecule has 0 aliphatic carbocycles. The summed E-state index contributed by atoms with van der Waals surface area (Å²) in [5.41, 5.74) is -0.0779. The molecule has 0 bridgehead atoms. The molecule has 1 atom stereocenters. The number of ether oxygens (including phenoxy) is 2. The zero-order valence-corrected chi connectivity index (χ0v) is 14.2. The molecule has 1 heterocycles. The fraction of sp³-hybridized carbons (Fsp3) is 0.353. The zero-order valence-electron chi connectivity index (χ0n) is 14.2. The van der Waals surface area contributed by atoms with Crippen LogP contribution in [0.5, 0.6) is 5.75 Å². The summed E-state index contributed by atoms with van der Waals surface area (Å²) in [6.45, 7) is 3.42. The largest absolute Gasteiger partial charge is 0.497 e. The molecule has 24 heavy (non-hydrogen) atoms. The summed E-state index contributed by atoms with van der Waals surface area (Å²) < 4.78 is 11.4. The highest BCUT2D eigenvalue weighted by atomic mass is 16.5. The monoisotopic (exact) mass is 331 g/mol. The molecule has 1 N–H and O–H groups in total. The molecule has 0 spiro atoms. The molecule has 0 saturated heterocycles. The minimum Gasteiger partial charge on any atom is -0.497 e. The second-order valence-electron chi connectivity index (χ2n) is 5.47. The van der Waals surface area contributed by atoms with Gasteiger partial charge in [0.15, 0.2) is 5.69 Å². The highest BCUT2D eigenvalue weighted by molar-refractivity contribution is 5.96. The van der Waals surface area contributed by atoms with Gasteiger partial charge < -0.3 is 14.8 Å². The van der Waals surface area contributed by atoms with E-state index in [-0.39, 0.29) is 5.69 Å². The van der Waals surface area contributed by atoms with Crippen molar-refractivity contribution in [2.24, 2.45) is 0 Å². The third kappa shape index (κ3) is 3.56. The predicted octanol–water partition coefficient (Wildman–Crippen LogP) is 1.95. The molecule has 1 aromatic carbocycles. The average Bonchev–Trinajstić information content (AvgIpc) is 3.11. The van der Waals surface area contributed by atoms with Gasteiger partial charge in [-0.1, -0.05) is 6.92 Å². The zero-order chi connectivity index (χ0) is 17.7. The van der Waals surface area contributed by atoms with Crippen LogP contribution in [-0.4, -0.2) is 41.4 Å². The maximum atomic E-state index is 12.4. The van der Waals surface area contributed by atoms with Gasteiger partial charge in [-0.25, -0.2) is 9.48 Å². The van der Waals surface area contributed by atoms with E-state index in [1.165, 1.54) is 7.11 Å². The van der Waals surface area contributed by atoms with Gasteiger partial charge in [0.05, 0.1) is 19.9 Å². The predicted molar refractivity (Wildman–Crippen MR) is 88.3 cm³/mol. The summed E-state index contributed by atoms with van der Waals surface area (Å²) in [5, 5.41) is 6.94. The molecule has 1 aromatic heterocycles. The summed E-state index contributed by atoms with van der Waals surface area (Å²) in [4.78, 5) is 24.2. The number of rotatable bonds is 6. The molecule has 2 aromatic rings. The quantitative estimate of drug-likeness (QED) is 0.818. The van der Waals surface area contributed by atoms with Gasteiger partial charge in [0.1, 0.15) is 11.3 Å². The van der Waals surface area contributed by atoms with Crippen LogP contribution >= 0.6 is 0 Å². The summed E-state index contributed by atoms with van der Waals surface area (Å²) in [5.74, 6) is -0.189. The Balaban J connectivity index is 2.17. The van der Waals surface area contributed by atoms with Crippen molar-refractivity contribution in [3.05, 3.63) is 42.2 Å². The Morgan fingerprint density at radius 2 is 1.88 bits per heavy atom. The molecule has 1 amide bonds. The number of nitrogens with zero attached hydrogens (tertiary/aromatic N) is 2. The fourth-order valence-corrected chi connectivity index (χ4v) is 2.15. The lowest BCUT2D eigenvalue weighted by Crippen LogP contribution is -2.52. The Morgan fingerprint density at radius 1 is 1.21 bits per heavy atom. The maximum absolute atomic E-state index is 12.4. The Bertz CT molecular complexity index is 724. The van der Waals surface area contributed by atoms with E-state index in [1.54, 1.807) is 37.9 Å². The number of benzene rings is 1. The third-order valence-corrected chi connectivity index (χ3v) is 3.89. The lowest BCUT2D eigenvalue weighted by atomic mass is 9.99. The van der Waals surface area contributed by atoms with Crippen LogP contribution in [0.1, 0.15) is 30.8 Å².